The lowest BCUT2D eigenvalue weighted by atomic mass is 9.97. The van der Waals surface area contributed by atoms with E-state index in [-0.39, 0.29) is 46.4 Å². The van der Waals surface area contributed by atoms with Crippen LogP contribution in [0, 0.1) is 11.6 Å². The second kappa shape index (κ2) is 10.3. The molecule has 0 bridgehead atoms. The van der Waals surface area contributed by atoms with Crippen molar-refractivity contribution in [1.29, 1.82) is 0 Å². The second-order valence-electron chi connectivity index (χ2n) is 11.1. The summed E-state index contributed by atoms with van der Waals surface area (Å²) in [7, 11) is 5.28. The van der Waals surface area contributed by atoms with Crippen molar-refractivity contribution in [3.8, 4) is 22.3 Å². The van der Waals surface area contributed by atoms with Crippen molar-refractivity contribution in [3.05, 3.63) is 69.4 Å². The SMILES string of the molecule is CNc1cc(F)c(F)c2c1Cc1ncc(-c3cnc4c(c3)c(=O)c(C(=O)O)cn4CCN(C)C)c(N3CCC(F)(F)C3)c1-2. The topological polar surface area (TPSA) is 104 Å². The number of rotatable bonds is 7. The van der Waals surface area contributed by atoms with Crippen molar-refractivity contribution in [2.45, 2.75) is 25.3 Å². The van der Waals surface area contributed by atoms with Gasteiger partial charge in [0.05, 0.1) is 23.3 Å². The van der Waals surface area contributed by atoms with Crippen LogP contribution in [0.5, 0.6) is 0 Å². The van der Waals surface area contributed by atoms with Crippen LogP contribution in [0.1, 0.15) is 28.0 Å². The van der Waals surface area contributed by atoms with E-state index in [1.165, 1.54) is 29.6 Å². The number of halogens is 4. The first-order valence-electron chi connectivity index (χ1n) is 13.7. The first kappa shape index (κ1) is 28.6. The summed E-state index contributed by atoms with van der Waals surface area (Å²) in [6.07, 6.45) is 3.89. The van der Waals surface area contributed by atoms with Gasteiger partial charge in [0.2, 0.25) is 5.43 Å². The number of nitrogens with zero attached hydrogens (tertiary/aromatic N) is 5. The highest BCUT2D eigenvalue weighted by atomic mass is 19.3. The van der Waals surface area contributed by atoms with E-state index in [0.717, 1.165) is 6.07 Å². The smallest absolute Gasteiger partial charge is 0.341 e. The molecule has 0 spiro atoms. The molecule has 1 saturated heterocycles. The van der Waals surface area contributed by atoms with Gasteiger partial charge in [0, 0.05) is 92.1 Å². The van der Waals surface area contributed by atoms with E-state index in [1.54, 1.807) is 11.6 Å². The zero-order valence-corrected chi connectivity index (χ0v) is 23.6. The number of fused-ring (bicyclic) bond motifs is 4. The summed E-state index contributed by atoms with van der Waals surface area (Å²) in [4.78, 5) is 37.6. The van der Waals surface area contributed by atoms with Crippen LogP contribution < -0.4 is 15.6 Å². The molecule has 2 aliphatic rings. The third kappa shape index (κ3) is 4.77. The molecule has 9 nitrogen and oxygen atoms in total. The number of alkyl halides is 2. The second-order valence-corrected chi connectivity index (χ2v) is 11.1. The van der Waals surface area contributed by atoms with Crippen molar-refractivity contribution in [2.24, 2.45) is 0 Å². The highest BCUT2D eigenvalue weighted by Gasteiger charge is 2.42. The van der Waals surface area contributed by atoms with Gasteiger partial charge in [-0.1, -0.05) is 0 Å². The van der Waals surface area contributed by atoms with Crippen molar-refractivity contribution in [2.75, 3.05) is 51.0 Å². The molecule has 0 atom stereocenters. The van der Waals surface area contributed by atoms with Crippen molar-refractivity contribution in [1.82, 2.24) is 19.4 Å². The van der Waals surface area contributed by atoms with Gasteiger partial charge in [0.25, 0.3) is 5.92 Å². The molecular weight excluding hydrogens is 568 g/mol. The van der Waals surface area contributed by atoms with Gasteiger partial charge in [-0.15, -0.1) is 0 Å². The zero-order valence-electron chi connectivity index (χ0n) is 23.6. The Hall–Kier alpha value is -4.52. The average molecular weight is 597 g/mol. The standard InChI is InChI=1S/C30H28F4N6O3/c1-35-21-10-20(31)25(32)23-16(21)9-22-24(23)26(40-5-4-30(33,34)14-40)18(12-36-22)15-8-17-27(41)19(29(42)43)13-39(7-6-38(2)3)28(17)37-11-15/h8,10-13,35H,4-7,9,14H2,1-3H3,(H,42,43). The zero-order chi connectivity index (χ0) is 30.8. The summed E-state index contributed by atoms with van der Waals surface area (Å²) in [6.45, 7) is 0.186. The Kier molecular flexibility index (Phi) is 6.87. The lowest BCUT2D eigenvalue weighted by Crippen LogP contribution is -2.26. The fourth-order valence-corrected chi connectivity index (χ4v) is 5.95. The molecule has 1 fully saturated rings. The predicted octanol–water partition coefficient (Wildman–Crippen LogP) is 4.45. The van der Waals surface area contributed by atoms with Crippen molar-refractivity contribution < 1.29 is 27.5 Å². The van der Waals surface area contributed by atoms with Gasteiger partial charge >= 0.3 is 5.97 Å². The molecule has 0 radical (unpaired) electrons. The van der Waals surface area contributed by atoms with Gasteiger partial charge in [0.15, 0.2) is 11.6 Å². The fourth-order valence-electron chi connectivity index (χ4n) is 5.95. The molecule has 1 aromatic carbocycles. The van der Waals surface area contributed by atoms with Gasteiger partial charge in [0.1, 0.15) is 11.2 Å². The van der Waals surface area contributed by atoms with Crippen LogP contribution in [0.25, 0.3) is 33.3 Å². The Labute approximate surface area is 243 Å². The lowest BCUT2D eigenvalue weighted by Gasteiger charge is -2.25. The maximum atomic E-state index is 15.5. The van der Waals surface area contributed by atoms with Crippen LogP contribution in [0.4, 0.5) is 28.9 Å². The van der Waals surface area contributed by atoms with Gasteiger partial charge in [-0.3, -0.25) is 9.78 Å². The minimum atomic E-state index is -3.01. The monoisotopic (exact) mass is 596 g/mol. The molecule has 0 unspecified atom stereocenters. The quantitative estimate of drug-likeness (QED) is 0.266. The van der Waals surface area contributed by atoms with Crippen molar-refractivity contribution >= 4 is 28.4 Å². The number of carboxylic acid groups (broad SMARTS) is 1. The Morgan fingerprint density at radius 3 is 2.58 bits per heavy atom. The summed E-state index contributed by atoms with van der Waals surface area (Å²) < 4.78 is 61.0. The maximum absolute atomic E-state index is 15.5. The van der Waals surface area contributed by atoms with Gasteiger partial charge < -0.3 is 24.8 Å². The molecule has 1 aliphatic heterocycles. The number of likely N-dealkylation sites (N-methyl/N-ethyl adjacent to an activating group) is 1. The van der Waals surface area contributed by atoms with E-state index in [2.05, 4.69) is 15.3 Å². The normalized spacial score (nSPS) is 15.3. The van der Waals surface area contributed by atoms with Gasteiger partial charge in [-0.2, -0.15) is 0 Å². The number of carboxylic acids is 1. The summed E-state index contributed by atoms with van der Waals surface area (Å²) >= 11 is 0. The Bertz CT molecular complexity index is 1870. The minimum Gasteiger partial charge on any atom is -0.477 e. The Morgan fingerprint density at radius 2 is 1.93 bits per heavy atom. The molecule has 13 heteroatoms. The number of pyridine rings is 3. The first-order chi connectivity index (χ1) is 20.4. The van der Waals surface area contributed by atoms with E-state index in [4.69, 9.17) is 0 Å². The summed E-state index contributed by atoms with van der Waals surface area (Å²) in [5, 5.41) is 12.6. The number of hydrogen-bond donors (Lipinski definition) is 2. The lowest BCUT2D eigenvalue weighted by molar-refractivity contribution is 0.0257. The van der Waals surface area contributed by atoms with Crippen LogP contribution in [0.15, 0.2) is 35.5 Å². The van der Waals surface area contributed by atoms with Crippen LogP contribution in [0.2, 0.25) is 0 Å². The number of carbonyl (C=O) groups is 1. The molecule has 0 amide bonds. The summed E-state index contributed by atoms with van der Waals surface area (Å²) in [6, 6.07) is 2.51. The molecule has 4 heterocycles. The number of hydrogen-bond acceptors (Lipinski definition) is 7. The molecule has 3 aromatic heterocycles. The molecule has 0 saturated carbocycles. The van der Waals surface area contributed by atoms with Crippen LogP contribution in [0.3, 0.4) is 0 Å². The van der Waals surface area contributed by atoms with E-state index >= 15 is 4.39 Å². The van der Waals surface area contributed by atoms with Gasteiger partial charge in [-0.05, 0) is 25.7 Å². The summed E-state index contributed by atoms with van der Waals surface area (Å²) in [5.41, 5.74) is 1.25. The van der Waals surface area contributed by atoms with Crippen LogP contribution in [-0.2, 0) is 13.0 Å². The average Bonchev–Trinajstić information content (AvgIpc) is 3.53. The van der Waals surface area contributed by atoms with E-state index < -0.39 is 47.5 Å². The van der Waals surface area contributed by atoms with E-state index in [0.29, 0.717) is 35.6 Å². The number of nitrogens with one attached hydrogen (secondary N) is 1. The third-order valence-electron chi connectivity index (χ3n) is 8.05. The molecular formula is C30H28F4N6O3. The molecule has 224 valence electrons. The molecule has 43 heavy (non-hydrogen) atoms. The predicted molar refractivity (Wildman–Crippen MR) is 154 cm³/mol. The Balaban J connectivity index is 1.62. The largest absolute Gasteiger partial charge is 0.477 e. The number of anilines is 2. The van der Waals surface area contributed by atoms with Crippen LogP contribution in [-0.4, -0.2) is 77.2 Å². The highest BCUT2D eigenvalue weighted by Crippen LogP contribution is 2.51. The fraction of sp³-hybridized carbons (Fsp3) is 0.333. The number of aromatic carboxylic acids is 1. The maximum Gasteiger partial charge on any atom is 0.341 e. The van der Waals surface area contributed by atoms with Gasteiger partial charge in [-0.25, -0.2) is 27.3 Å². The molecule has 2 N–H and O–H groups in total. The molecule has 4 aromatic rings. The number of aromatic nitrogens is 3. The third-order valence-corrected chi connectivity index (χ3v) is 8.05. The van der Waals surface area contributed by atoms with E-state index in [1.807, 2.05) is 19.0 Å². The van der Waals surface area contributed by atoms with E-state index in [9.17, 15) is 27.9 Å². The Morgan fingerprint density at radius 1 is 1.16 bits per heavy atom. The summed E-state index contributed by atoms with van der Waals surface area (Å²) in [5.74, 6) is -6.61. The van der Waals surface area contributed by atoms with Crippen LogP contribution >= 0.6 is 0 Å². The molecule has 6 rings (SSSR count). The first-order valence-corrected chi connectivity index (χ1v) is 13.7. The number of benzene rings is 1. The van der Waals surface area contributed by atoms with Crippen molar-refractivity contribution in [3.63, 3.8) is 0 Å². The minimum absolute atomic E-state index is 0.0180. The highest BCUT2D eigenvalue weighted by molar-refractivity contribution is 5.98. The molecule has 1 aliphatic carbocycles.